The monoisotopic (exact) mass is 271 g/mol. The van der Waals surface area contributed by atoms with Gasteiger partial charge in [-0.15, -0.1) is 10.2 Å². The fourth-order valence-corrected chi connectivity index (χ4v) is 3.21. The van der Waals surface area contributed by atoms with Crippen molar-refractivity contribution < 1.29 is 0 Å². The average molecular weight is 271 g/mol. The molecule has 4 heterocycles. The van der Waals surface area contributed by atoms with Crippen LogP contribution in [-0.2, 0) is 5.41 Å². The summed E-state index contributed by atoms with van der Waals surface area (Å²) in [5, 5.41) is 12.3. The van der Waals surface area contributed by atoms with Crippen LogP contribution in [0.5, 0.6) is 0 Å². The van der Waals surface area contributed by atoms with Gasteiger partial charge in [0.05, 0.1) is 6.33 Å². The van der Waals surface area contributed by atoms with Crippen LogP contribution in [0.3, 0.4) is 0 Å². The summed E-state index contributed by atoms with van der Waals surface area (Å²) in [5.74, 6) is 1.01. The Labute approximate surface area is 115 Å². The van der Waals surface area contributed by atoms with Crippen molar-refractivity contribution in [3.63, 3.8) is 0 Å². The summed E-state index contributed by atoms with van der Waals surface area (Å²) in [4.78, 5) is 11.6. The number of aromatic nitrogens is 6. The van der Waals surface area contributed by atoms with Gasteiger partial charge in [0.15, 0.2) is 11.3 Å². The van der Waals surface area contributed by atoms with Crippen LogP contribution in [-0.4, -0.2) is 42.6 Å². The van der Waals surface area contributed by atoms with Crippen molar-refractivity contribution in [3.05, 3.63) is 18.5 Å². The molecule has 2 N–H and O–H groups in total. The van der Waals surface area contributed by atoms with E-state index in [9.17, 15) is 0 Å². The quantitative estimate of drug-likeness (QED) is 0.727. The Kier molecular flexibility index (Phi) is 2.50. The van der Waals surface area contributed by atoms with Gasteiger partial charge >= 0.3 is 0 Å². The molecule has 1 saturated heterocycles. The van der Waals surface area contributed by atoms with Gasteiger partial charge in [0.1, 0.15) is 17.7 Å². The maximum Gasteiger partial charge on any atom is 0.189 e. The summed E-state index contributed by atoms with van der Waals surface area (Å²) >= 11 is 0. The zero-order valence-electron chi connectivity index (χ0n) is 11.4. The zero-order valence-corrected chi connectivity index (χ0v) is 11.4. The number of nitrogens with zero attached hydrogens (tertiary/aromatic N) is 5. The summed E-state index contributed by atoms with van der Waals surface area (Å²) in [6.45, 7) is 4.25. The van der Waals surface area contributed by atoms with Crippen LogP contribution >= 0.6 is 0 Å². The Balaban J connectivity index is 1.95. The number of rotatable bonds is 2. The van der Waals surface area contributed by atoms with Crippen molar-refractivity contribution >= 4 is 16.8 Å². The predicted octanol–water partition coefficient (Wildman–Crippen LogP) is 1.03. The number of fused-ring (bicyclic) bond motifs is 3. The van der Waals surface area contributed by atoms with Gasteiger partial charge in [-0.2, -0.15) is 0 Å². The molecule has 3 aromatic rings. The van der Waals surface area contributed by atoms with E-state index in [1.165, 1.54) is 6.42 Å². The maximum absolute atomic E-state index is 4.48. The molecule has 0 radical (unpaired) electrons. The highest BCUT2D eigenvalue weighted by Gasteiger charge is 2.36. The molecule has 0 amide bonds. The fraction of sp³-hybridized carbons (Fsp3) is 0.538. The van der Waals surface area contributed by atoms with Crippen LogP contribution in [0.4, 0.5) is 0 Å². The molecule has 4 rings (SSSR count). The summed E-state index contributed by atoms with van der Waals surface area (Å²) in [6.07, 6.45) is 6.78. The molecule has 7 heteroatoms. The first-order valence-corrected chi connectivity index (χ1v) is 7.08. The van der Waals surface area contributed by atoms with E-state index >= 15 is 0 Å². The van der Waals surface area contributed by atoms with E-state index < -0.39 is 0 Å². The molecule has 3 aromatic heterocycles. The van der Waals surface area contributed by atoms with Crippen molar-refractivity contribution in [2.45, 2.75) is 31.6 Å². The van der Waals surface area contributed by atoms with Crippen molar-refractivity contribution in [2.24, 2.45) is 0 Å². The van der Waals surface area contributed by atoms with E-state index in [0.717, 1.165) is 42.9 Å². The van der Waals surface area contributed by atoms with Crippen LogP contribution in [0.15, 0.2) is 12.7 Å². The van der Waals surface area contributed by atoms with E-state index in [1.54, 1.807) is 12.7 Å². The maximum atomic E-state index is 4.48. The molecule has 1 aliphatic heterocycles. The lowest BCUT2D eigenvalue weighted by Crippen LogP contribution is -2.44. The Bertz CT molecular complexity index is 750. The molecule has 0 bridgehead atoms. The SMILES string of the molecule is CCC1(c2nnc3c4[nH]cnc4ncn23)CCCNC1. The highest BCUT2D eigenvalue weighted by Crippen LogP contribution is 2.33. The first-order chi connectivity index (χ1) is 9.84. The molecule has 104 valence electrons. The van der Waals surface area contributed by atoms with Crippen LogP contribution in [0.1, 0.15) is 32.0 Å². The third-order valence-electron chi connectivity index (χ3n) is 4.46. The lowest BCUT2D eigenvalue weighted by atomic mass is 9.77. The van der Waals surface area contributed by atoms with Crippen molar-refractivity contribution in [3.8, 4) is 0 Å². The van der Waals surface area contributed by atoms with Crippen LogP contribution in [0.2, 0.25) is 0 Å². The second-order valence-corrected chi connectivity index (χ2v) is 5.48. The van der Waals surface area contributed by atoms with E-state index in [0.29, 0.717) is 5.65 Å². The molecule has 0 aromatic carbocycles. The highest BCUT2D eigenvalue weighted by molar-refractivity contribution is 5.84. The molecule has 0 spiro atoms. The Morgan fingerprint density at radius 1 is 1.35 bits per heavy atom. The van der Waals surface area contributed by atoms with Crippen LogP contribution in [0, 0.1) is 0 Å². The standard InChI is InChI=1S/C13H17N7/c1-2-13(4-3-5-14-6-13)12-19-18-11-9-10(16-7-15-9)17-8-20(11)12/h7-8,14H,2-6H2,1H3,(H,15,16). The molecule has 0 aliphatic carbocycles. The Morgan fingerprint density at radius 2 is 2.30 bits per heavy atom. The largest absolute Gasteiger partial charge is 0.340 e. The molecule has 7 nitrogen and oxygen atoms in total. The molecule has 20 heavy (non-hydrogen) atoms. The smallest absolute Gasteiger partial charge is 0.189 e. The molecule has 1 fully saturated rings. The average Bonchev–Trinajstić information content (AvgIpc) is 3.13. The van der Waals surface area contributed by atoms with E-state index in [4.69, 9.17) is 0 Å². The van der Waals surface area contributed by atoms with Crippen LogP contribution < -0.4 is 5.32 Å². The summed E-state index contributed by atoms with van der Waals surface area (Å²) in [7, 11) is 0. The van der Waals surface area contributed by atoms with E-state index in [-0.39, 0.29) is 5.41 Å². The number of imidazole rings is 1. The molecule has 1 aliphatic rings. The topological polar surface area (TPSA) is 83.8 Å². The van der Waals surface area contributed by atoms with Gasteiger partial charge in [0, 0.05) is 12.0 Å². The molecule has 1 unspecified atom stereocenters. The molecular formula is C13H17N7. The second-order valence-electron chi connectivity index (χ2n) is 5.48. The first-order valence-electron chi connectivity index (χ1n) is 7.08. The molecular weight excluding hydrogens is 254 g/mol. The zero-order chi connectivity index (χ0) is 13.6. The fourth-order valence-electron chi connectivity index (χ4n) is 3.21. The number of H-pyrrole nitrogens is 1. The lowest BCUT2D eigenvalue weighted by molar-refractivity contribution is 0.285. The third-order valence-corrected chi connectivity index (χ3v) is 4.46. The van der Waals surface area contributed by atoms with Gasteiger partial charge < -0.3 is 10.3 Å². The summed E-state index contributed by atoms with van der Waals surface area (Å²) in [6, 6.07) is 0. The molecule has 1 atom stereocenters. The van der Waals surface area contributed by atoms with Gasteiger partial charge in [-0.25, -0.2) is 9.97 Å². The lowest BCUT2D eigenvalue weighted by Gasteiger charge is -2.35. The minimum Gasteiger partial charge on any atom is -0.340 e. The number of hydrogen-bond acceptors (Lipinski definition) is 5. The number of hydrogen-bond donors (Lipinski definition) is 2. The van der Waals surface area contributed by atoms with Gasteiger partial charge in [0.2, 0.25) is 0 Å². The first kappa shape index (κ1) is 11.8. The van der Waals surface area contributed by atoms with Gasteiger partial charge in [-0.1, -0.05) is 6.92 Å². The Hall–Kier alpha value is -2.02. The normalized spacial score (nSPS) is 23.6. The molecule has 0 saturated carbocycles. The number of nitrogens with one attached hydrogen (secondary N) is 2. The van der Waals surface area contributed by atoms with Crippen molar-refractivity contribution in [1.82, 2.24) is 34.9 Å². The predicted molar refractivity (Wildman–Crippen MR) is 74.5 cm³/mol. The van der Waals surface area contributed by atoms with Gasteiger partial charge in [-0.05, 0) is 25.8 Å². The second kappa shape index (κ2) is 4.24. The van der Waals surface area contributed by atoms with Gasteiger partial charge in [-0.3, -0.25) is 4.40 Å². The van der Waals surface area contributed by atoms with E-state index in [2.05, 4.69) is 37.4 Å². The van der Waals surface area contributed by atoms with Gasteiger partial charge in [0.25, 0.3) is 0 Å². The highest BCUT2D eigenvalue weighted by atomic mass is 15.3. The summed E-state index contributed by atoms with van der Waals surface area (Å²) < 4.78 is 2.01. The number of piperidine rings is 1. The minimum absolute atomic E-state index is 0.0487. The minimum atomic E-state index is 0.0487. The number of aromatic amines is 1. The van der Waals surface area contributed by atoms with Crippen molar-refractivity contribution in [1.29, 1.82) is 0 Å². The van der Waals surface area contributed by atoms with Crippen LogP contribution in [0.25, 0.3) is 16.8 Å². The van der Waals surface area contributed by atoms with E-state index in [1.807, 2.05) is 4.40 Å². The van der Waals surface area contributed by atoms with Crippen molar-refractivity contribution in [2.75, 3.05) is 13.1 Å². The summed E-state index contributed by atoms with van der Waals surface area (Å²) in [5.41, 5.74) is 2.39. The third kappa shape index (κ3) is 1.49. The Morgan fingerprint density at radius 3 is 3.10 bits per heavy atom.